The number of hydrogen-bond donors (Lipinski definition) is 1. The van der Waals surface area contributed by atoms with Crippen LogP contribution in [0.15, 0.2) is 18.2 Å². The summed E-state index contributed by atoms with van der Waals surface area (Å²) in [7, 11) is 1.57. The predicted molar refractivity (Wildman–Crippen MR) is 74.1 cm³/mol. The first-order chi connectivity index (χ1) is 8.25. The van der Waals surface area contributed by atoms with Crippen LogP contribution in [0.1, 0.15) is 43.1 Å². The van der Waals surface area contributed by atoms with Gasteiger partial charge in [0.1, 0.15) is 5.75 Å². The Balaban J connectivity index is 2.94. The van der Waals surface area contributed by atoms with Crippen molar-refractivity contribution in [1.82, 2.24) is 0 Å². The Hall–Kier alpha value is -1.35. The summed E-state index contributed by atoms with van der Waals surface area (Å²) in [6.45, 7) is 8.08. The van der Waals surface area contributed by atoms with Crippen LogP contribution >= 0.6 is 0 Å². The lowest BCUT2D eigenvalue weighted by Crippen LogP contribution is -2.37. The number of rotatable bonds is 4. The van der Waals surface area contributed by atoms with Crippen molar-refractivity contribution < 1.29 is 9.53 Å². The monoisotopic (exact) mass is 249 g/mol. The molecule has 1 aromatic rings. The third kappa shape index (κ3) is 3.57. The van der Waals surface area contributed by atoms with Crippen LogP contribution < -0.4 is 10.5 Å². The van der Waals surface area contributed by atoms with Crippen LogP contribution in [0.25, 0.3) is 0 Å². The summed E-state index contributed by atoms with van der Waals surface area (Å²) in [6.07, 6.45) is 0.337. The number of nitrogens with two attached hydrogens (primary N) is 1. The van der Waals surface area contributed by atoms with Crippen molar-refractivity contribution in [3.05, 3.63) is 29.3 Å². The number of carbonyl (C=O) groups excluding carboxylic acids is 1. The fraction of sp³-hybridized carbons (Fsp3) is 0.533. The van der Waals surface area contributed by atoms with Crippen LogP contribution in [0.3, 0.4) is 0 Å². The van der Waals surface area contributed by atoms with Gasteiger partial charge in [0, 0.05) is 12.5 Å². The SMILES string of the molecule is COc1ccc(C)cc1C(=O)CC(N)C(C)(C)C. The van der Waals surface area contributed by atoms with Gasteiger partial charge in [-0.1, -0.05) is 32.4 Å². The Labute approximate surface area is 109 Å². The number of Topliss-reactive ketones (excluding diaryl/α,β-unsaturated/α-hetero) is 1. The van der Waals surface area contributed by atoms with Crippen molar-refractivity contribution in [1.29, 1.82) is 0 Å². The average molecular weight is 249 g/mol. The Kier molecular flexibility index (Phi) is 4.52. The van der Waals surface area contributed by atoms with Gasteiger partial charge in [-0.25, -0.2) is 0 Å². The first-order valence-electron chi connectivity index (χ1n) is 6.19. The number of hydrogen-bond acceptors (Lipinski definition) is 3. The van der Waals surface area contributed by atoms with Gasteiger partial charge >= 0.3 is 0 Å². The highest BCUT2D eigenvalue weighted by Gasteiger charge is 2.24. The summed E-state index contributed by atoms with van der Waals surface area (Å²) in [5, 5.41) is 0. The molecule has 0 saturated heterocycles. The molecule has 0 radical (unpaired) electrons. The highest BCUT2D eigenvalue weighted by molar-refractivity contribution is 5.99. The van der Waals surface area contributed by atoms with Crippen molar-refractivity contribution in [3.63, 3.8) is 0 Å². The normalized spacial score (nSPS) is 13.2. The summed E-state index contributed by atoms with van der Waals surface area (Å²) in [5.41, 5.74) is 7.65. The highest BCUT2D eigenvalue weighted by Crippen LogP contribution is 2.25. The largest absolute Gasteiger partial charge is 0.496 e. The van der Waals surface area contributed by atoms with E-state index in [1.54, 1.807) is 7.11 Å². The standard InChI is InChI=1S/C15H23NO2/c1-10-6-7-13(18-5)11(8-10)12(17)9-14(16)15(2,3)4/h6-8,14H,9,16H2,1-5H3. The van der Waals surface area contributed by atoms with Gasteiger partial charge in [-0.15, -0.1) is 0 Å². The maximum absolute atomic E-state index is 12.3. The molecule has 1 atom stereocenters. The molecule has 3 heteroatoms. The zero-order valence-electron chi connectivity index (χ0n) is 11.9. The third-order valence-electron chi connectivity index (χ3n) is 3.17. The van der Waals surface area contributed by atoms with E-state index in [2.05, 4.69) is 0 Å². The van der Waals surface area contributed by atoms with Gasteiger partial charge in [0.2, 0.25) is 0 Å². The molecule has 0 aliphatic carbocycles. The fourth-order valence-corrected chi connectivity index (χ4v) is 1.66. The molecule has 1 rings (SSSR count). The second-order valence-electron chi connectivity index (χ2n) is 5.80. The van der Waals surface area contributed by atoms with E-state index < -0.39 is 0 Å². The number of aryl methyl sites for hydroxylation is 1. The van der Waals surface area contributed by atoms with Gasteiger partial charge in [0.25, 0.3) is 0 Å². The quantitative estimate of drug-likeness (QED) is 0.835. The first-order valence-corrected chi connectivity index (χ1v) is 6.19. The topological polar surface area (TPSA) is 52.3 Å². The minimum Gasteiger partial charge on any atom is -0.496 e. The average Bonchev–Trinajstić information content (AvgIpc) is 2.27. The summed E-state index contributed by atoms with van der Waals surface area (Å²) >= 11 is 0. The molecule has 18 heavy (non-hydrogen) atoms. The van der Waals surface area contributed by atoms with Crippen molar-refractivity contribution in [2.24, 2.45) is 11.1 Å². The Morgan fingerprint density at radius 2 is 2.00 bits per heavy atom. The smallest absolute Gasteiger partial charge is 0.168 e. The van der Waals surface area contributed by atoms with Gasteiger partial charge in [0.15, 0.2) is 5.78 Å². The predicted octanol–water partition coefficient (Wildman–Crippen LogP) is 2.95. The second-order valence-corrected chi connectivity index (χ2v) is 5.80. The van der Waals surface area contributed by atoms with Crippen molar-refractivity contribution >= 4 is 5.78 Å². The fourth-order valence-electron chi connectivity index (χ4n) is 1.66. The lowest BCUT2D eigenvalue weighted by molar-refractivity contribution is 0.0950. The van der Waals surface area contributed by atoms with Gasteiger partial charge < -0.3 is 10.5 Å². The lowest BCUT2D eigenvalue weighted by Gasteiger charge is -2.26. The molecule has 100 valence electrons. The number of carbonyl (C=O) groups is 1. The molecule has 2 N–H and O–H groups in total. The Morgan fingerprint density at radius 3 is 2.50 bits per heavy atom. The molecule has 0 saturated carbocycles. The van der Waals surface area contributed by atoms with E-state index in [1.165, 1.54) is 0 Å². The highest BCUT2D eigenvalue weighted by atomic mass is 16.5. The maximum atomic E-state index is 12.3. The number of methoxy groups -OCH3 is 1. The molecule has 0 aliphatic rings. The third-order valence-corrected chi connectivity index (χ3v) is 3.17. The van der Waals surface area contributed by atoms with Crippen LogP contribution in [0.4, 0.5) is 0 Å². The van der Waals surface area contributed by atoms with Crippen LogP contribution in [0.5, 0.6) is 5.75 Å². The van der Waals surface area contributed by atoms with Gasteiger partial charge in [-0.3, -0.25) is 4.79 Å². The van der Waals surface area contributed by atoms with Crippen molar-refractivity contribution in [2.45, 2.75) is 40.2 Å². The molecule has 0 spiro atoms. The molecule has 1 unspecified atom stereocenters. The molecular formula is C15H23NO2. The van der Waals surface area contributed by atoms with Crippen LogP contribution in [-0.4, -0.2) is 18.9 Å². The first kappa shape index (κ1) is 14.7. The molecule has 3 nitrogen and oxygen atoms in total. The van der Waals surface area contributed by atoms with E-state index in [9.17, 15) is 4.79 Å². The van der Waals surface area contributed by atoms with E-state index in [0.717, 1.165) is 5.56 Å². The second kappa shape index (κ2) is 5.53. The minimum absolute atomic E-state index is 0.0398. The molecule has 0 bridgehead atoms. The molecule has 0 fully saturated rings. The molecule has 0 amide bonds. The van der Waals surface area contributed by atoms with E-state index in [1.807, 2.05) is 45.9 Å². The van der Waals surface area contributed by atoms with Crippen molar-refractivity contribution in [2.75, 3.05) is 7.11 Å². The van der Waals surface area contributed by atoms with Crippen LogP contribution in [-0.2, 0) is 0 Å². The minimum atomic E-state index is -0.157. The molecular weight excluding hydrogens is 226 g/mol. The van der Waals surface area contributed by atoms with Crippen molar-refractivity contribution in [3.8, 4) is 5.75 Å². The molecule has 0 aliphatic heterocycles. The summed E-state index contributed by atoms with van der Waals surface area (Å²) in [4.78, 5) is 12.3. The van der Waals surface area contributed by atoms with Crippen LogP contribution in [0, 0.1) is 12.3 Å². The zero-order valence-corrected chi connectivity index (χ0v) is 11.9. The van der Waals surface area contributed by atoms with E-state index >= 15 is 0 Å². The molecule has 1 aromatic carbocycles. The Bertz CT molecular complexity index is 433. The van der Waals surface area contributed by atoms with E-state index in [0.29, 0.717) is 17.7 Å². The summed E-state index contributed by atoms with van der Waals surface area (Å²) < 4.78 is 5.23. The van der Waals surface area contributed by atoms with E-state index in [4.69, 9.17) is 10.5 Å². The lowest BCUT2D eigenvalue weighted by atomic mass is 9.83. The van der Waals surface area contributed by atoms with E-state index in [-0.39, 0.29) is 17.2 Å². The van der Waals surface area contributed by atoms with Gasteiger partial charge in [-0.05, 0) is 24.5 Å². The Morgan fingerprint density at radius 1 is 1.39 bits per heavy atom. The number of ketones is 1. The van der Waals surface area contributed by atoms with Gasteiger partial charge in [0.05, 0.1) is 12.7 Å². The number of benzene rings is 1. The molecule has 0 aromatic heterocycles. The zero-order chi connectivity index (χ0) is 13.9. The van der Waals surface area contributed by atoms with Crippen LogP contribution in [0.2, 0.25) is 0 Å². The van der Waals surface area contributed by atoms with Gasteiger partial charge in [-0.2, -0.15) is 0 Å². The summed E-state index contributed by atoms with van der Waals surface area (Å²) in [6, 6.07) is 5.45. The molecule has 0 heterocycles. The number of ether oxygens (including phenoxy) is 1. The summed E-state index contributed by atoms with van der Waals surface area (Å²) in [5.74, 6) is 0.657. The maximum Gasteiger partial charge on any atom is 0.168 e.